The lowest BCUT2D eigenvalue weighted by atomic mass is 10.0. The molecule has 0 fully saturated rings. The Hall–Kier alpha value is -3.14. The number of aromatic nitrogens is 3. The molecule has 0 saturated heterocycles. The first-order valence-electron chi connectivity index (χ1n) is 9.50. The molecular weight excluding hydrogens is 413 g/mol. The number of methoxy groups -OCH3 is 1. The van der Waals surface area contributed by atoms with Crippen molar-refractivity contribution in [1.82, 2.24) is 14.5 Å². The van der Waals surface area contributed by atoms with E-state index in [0.29, 0.717) is 29.6 Å². The summed E-state index contributed by atoms with van der Waals surface area (Å²) < 4.78 is 45.8. The van der Waals surface area contributed by atoms with Gasteiger partial charge in [-0.15, -0.1) is 0 Å². The van der Waals surface area contributed by atoms with Crippen LogP contribution in [0.2, 0.25) is 0 Å². The Morgan fingerprint density at radius 1 is 1.23 bits per heavy atom. The van der Waals surface area contributed by atoms with Gasteiger partial charge >= 0.3 is 6.18 Å². The van der Waals surface area contributed by atoms with E-state index in [2.05, 4.69) is 15.3 Å². The van der Waals surface area contributed by atoms with Crippen molar-refractivity contribution in [2.24, 2.45) is 7.05 Å². The van der Waals surface area contributed by atoms with Gasteiger partial charge in [0.05, 0.1) is 29.4 Å². The molecule has 0 bridgehead atoms. The normalized spacial score (nSPS) is 12.3. The number of aliphatic hydroxyl groups is 1. The van der Waals surface area contributed by atoms with E-state index in [1.807, 2.05) is 11.6 Å². The molecular formula is C21H23F3N4O3. The number of hydrogen-bond donors (Lipinski definition) is 2. The summed E-state index contributed by atoms with van der Waals surface area (Å²) >= 11 is 0. The monoisotopic (exact) mass is 436 g/mol. The zero-order chi connectivity index (χ0) is 23.0. The topological polar surface area (TPSA) is 89.3 Å². The number of anilines is 1. The van der Waals surface area contributed by atoms with Gasteiger partial charge in [-0.1, -0.05) is 6.07 Å². The highest BCUT2D eigenvalue weighted by Crippen LogP contribution is 2.32. The fraction of sp³-hybridized carbons (Fsp3) is 0.381. The number of nitrogens with one attached hydrogen (secondary N) is 1. The van der Waals surface area contributed by atoms with Gasteiger partial charge in [-0.25, -0.2) is 9.97 Å². The smallest absolute Gasteiger partial charge is 0.433 e. The highest BCUT2D eigenvalue weighted by atomic mass is 19.4. The predicted molar refractivity (Wildman–Crippen MR) is 109 cm³/mol. The van der Waals surface area contributed by atoms with Crippen molar-refractivity contribution in [3.05, 3.63) is 47.5 Å². The number of halogens is 3. The molecule has 2 heterocycles. The van der Waals surface area contributed by atoms with E-state index >= 15 is 0 Å². The van der Waals surface area contributed by atoms with Crippen molar-refractivity contribution < 1.29 is 27.8 Å². The van der Waals surface area contributed by atoms with E-state index < -0.39 is 23.4 Å². The Bertz CT molecular complexity index is 1120. The molecule has 0 aliphatic rings. The van der Waals surface area contributed by atoms with Crippen molar-refractivity contribution >= 4 is 22.6 Å². The molecule has 166 valence electrons. The lowest BCUT2D eigenvalue weighted by Crippen LogP contribution is -2.20. The van der Waals surface area contributed by atoms with E-state index in [-0.39, 0.29) is 11.4 Å². The Kier molecular flexibility index (Phi) is 5.95. The van der Waals surface area contributed by atoms with Crippen molar-refractivity contribution in [1.29, 1.82) is 0 Å². The molecule has 0 radical (unpaired) electrons. The predicted octanol–water partition coefficient (Wildman–Crippen LogP) is 3.95. The molecule has 0 aliphatic carbocycles. The van der Waals surface area contributed by atoms with Gasteiger partial charge in [0.15, 0.2) is 0 Å². The summed E-state index contributed by atoms with van der Waals surface area (Å²) in [6, 6.07) is 6.40. The second-order valence-electron chi connectivity index (χ2n) is 7.80. The highest BCUT2D eigenvalue weighted by Gasteiger charge is 2.33. The van der Waals surface area contributed by atoms with Crippen LogP contribution in [0.3, 0.4) is 0 Å². The molecule has 2 aromatic heterocycles. The highest BCUT2D eigenvalue weighted by molar-refractivity contribution is 6.04. The Morgan fingerprint density at radius 3 is 2.55 bits per heavy atom. The van der Waals surface area contributed by atoms with Crippen LogP contribution in [-0.4, -0.2) is 38.3 Å². The van der Waals surface area contributed by atoms with E-state index in [1.54, 1.807) is 26.0 Å². The van der Waals surface area contributed by atoms with Gasteiger partial charge in [0.2, 0.25) is 0 Å². The molecule has 0 saturated carbocycles. The van der Waals surface area contributed by atoms with Crippen LogP contribution in [0.15, 0.2) is 30.3 Å². The molecule has 2 N–H and O–H groups in total. The molecule has 1 amide bonds. The van der Waals surface area contributed by atoms with E-state index in [9.17, 15) is 23.1 Å². The van der Waals surface area contributed by atoms with Crippen molar-refractivity contribution in [3.8, 4) is 5.75 Å². The fourth-order valence-electron chi connectivity index (χ4n) is 3.08. The average molecular weight is 436 g/mol. The number of carbonyl (C=O) groups is 1. The second kappa shape index (κ2) is 8.18. The van der Waals surface area contributed by atoms with Gasteiger partial charge in [-0.2, -0.15) is 13.2 Å². The quantitative estimate of drug-likeness (QED) is 0.611. The minimum atomic E-state index is -4.65. The van der Waals surface area contributed by atoms with Crippen LogP contribution in [0.5, 0.6) is 5.75 Å². The number of amides is 1. The third-order valence-electron chi connectivity index (χ3n) is 4.78. The zero-order valence-electron chi connectivity index (χ0n) is 17.5. The number of aryl methyl sites for hydroxylation is 2. The van der Waals surface area contributed by atoms with Crippen molar-refractivity contribution in [2.75, 3.05) is 12.4 Å². The average Bonchev–Trinajstić information content (AvgIpc) is 2.99. The molecule has 0 aliphatic heterocycles. The maximum Gasteiger partial charge on any atom is 0.433 e. The molecule has 31 heavy (non-hydrogen) atoms. The summed E-state index contributed by atoms with van der Waals surface area (Å²) in [6.45, 7) is 3.43. The Labute approximate surface area is 176 Å². The van der Waals surface area contributed by atoms with Crippen LogP contribution in [0.25, 0.3) is 11.0 Å². The van der Waals surface area contributed by atoms with Crippen LogP contribution < -0.4 is 10.1 Å². The molecule has 3 aromatic rings. The van der Waals surface area contributed by atoms with E-state index in [0.717, 1.165) is 18.0 Å². The van der Waals surface area contributed by atoms with E-state index in [4.69, 9.17) is 4.74 Å². The van der Waals surface area contributed by atoms with E-state index in [1.165, 1.54) is 13.2 Å². The number of pyridine rings is 1. The number of imidazole rings is 1. The van der Waals surface area contributed by atoms with Crippen molar-refractivity contribution in [2.45, 2.75) is 38.5 Å². The molecule has 0 spiro atoms. The molecule has 10 heteroatoms. The van der Waals surface area contributed by atoms with Gasteiger partial charge in [-0.3, -0.25) is 4.79 Å². The minimum absolute atomic E-state index is 0.274. The van der Waals surface area contributed by atoms with Crippen LogP contribution in [0.1, 0.15) is 42.3 Å². The number of ether oxygens (including phenoxy) is 1. The number of alkyl halides is 3. The van der Waals surface area contributed by atoms with Gasteiger partial charge in [-0.05, 0) is 38.5 Å². The molecule has 0 atom stereocenters. The third kappa shape index (κ3) is 5.13. The van der Waals surface area contributed by atoms with Crippen LogP contribution >= 0.6 is 0 Å². The van der Waals surface area contributed by atoms with Gasteiger partial charge in [0.25, 0.3) is 5.91 Å². The Balaban J connectivity index is 1.93. The SMILES string of the molecule is COc1cc2nc(CCC(C)(C)O)n(C)c2cc1NC(=O)c1cccc(C(F)(F)F)n1. The van der Waals surface area contributed by atoms with Crippen LogP contribution in [0.4, 0.5) is 18.9 Å². The lowest BCUT2D eigenvalue weighted by molar-refractivity contribution is -0.141. The first kappa shape index (κ1) is 22.5. The summed E-state index contributed by atoms with van der Waals surface area (Å²) in [5.41, 5.74) is -0.763. The van der Waals surface area contributed by atoms with Crippen LogP contribution in [-0.2, 0) is 19.6 Å². The maximum absolute atomic E-state index is 12.9. The zero-order valence-corrected chi connectivity index (χ0v) is 17.5. The van der Waals surface area contributed by atoms with Gasteiger partial charge in [0.1, 0.15) is 23.0 Å². The summed E-state index contributed by atoms with van der Waals surface area (Å²) in [5.74, 6) is 0.246. The lowest BCUT2D eigenvalue weighted by Gasteiger charge is -2.16. The summed E-state index contributed by atoms with van der Waals surface area (Å²) in [5, 5.41) is 12.5. The molecule has 7 nitrogen and oxygen atoms in total. The number of hydrogen-bond acceptors (Lipinski definition) is 5. The summed E-state index contributed by atoms with van der Waals surface area (Å²) in [4.78, 5) is 20.5. The van der Waals surface area contributed by atoms with Crippen LogP contribution in [0, 0.1) is 0 Å². The first-order valence-corrected chi connectivity index (χ1v) is 9.50. The second-order valence-corrected chi connectivity index (χ2v) is 7.80. The first-order chi connectivity index (χ1) is 14.4. The molecule has 3 rings (SSSR count). The largest absolute Gasteiger partial charge is 0.494 e. The number of carbonyl (C=O) groups excluding carboxylic acids is 1. The number of fused-ring (bicyclic) bond motifs is 1. The summed E-state index contributed by atoms with van der Waals surface area (Å²) in [7, 11) is 3.22. The standard InChI is InChI=1S/C21H23F3N4O3/c1-20(2,30)9-8-18-26-13-11-16(31-4)14(10-15(13)28(18)3)27-19(29)12-6-5-7-17(25-12)21(22,23)24/h5-7,10-11,30H,8-9H2,1-4H3,(H,27,29). The molecule has 1 aromatic carbocycles. The summed E-state index contributed by atoms with van der Waals surface area (Å²) in [6.07, 6.45) is -3.61. The number of benzene rings is 1. The Morgan fingerprint density at radius 2 is 1.94 bits per heavy atom. The van der Waals surface area contributed by atoms with Gasteiger partial charge < -0.3 is 19.7 Å². The number of rotatable bonds is 6. The van der Waals surface area contributed by atoms with Crippen molar-refractivity contribution in [3.63, 3.8) is 0 Å². The maximum atomic E-state index is 12.9. The third-order valence-corrected chi connectivity index (χ3v) is 4.78. The minimum Gasteiger partial charge on any atom is -0.494 e. The number of nitrogens with zero attached hydrogens (tertiary/aromatic N) is 3. The molecule has 0 unspecified atom stereocenters. The van der Waals surface area contributed by atoms with Gasteiger partial charge in [0, 0.05) is 19.5 Å². The fourth-order valence-corrected chi connectivity index (χ4v) is 3.08.